The molecule has 0 saturated carbocycles. The van der Waals surface area contributed by atoms with Crippen molar-refractivity contribution in [1.82, 2.24) is 0 Å². The summed E-state index contributed by atoms with van der Waals surface area (Å²) in [5, 5.41) is 0. The molecule has 176 valence electrons. The molecule has 0 aliphatic rings. The van der Waals surface area contributed by atoms with Gasteiger partial charge in [-0.1, -0.05) is 31.6 Å². The fourth-order valence-corrected chi connectivity index (χ4v) is 3.36. The lowest BCUT2D eigenvalue weighted by Gasteiger charge is -2.08. The Labute approximate surface area is 194 Å². The Bertz CT molecular complexity index is 1220. The van der Waals surface area contributed by atoms with Crippen LogP contribution in [0.4, 0.5) is 22.0 Å². The van der Waals surface area contributed by atoms with E-state index in [2.05, 4.69) is 11.8 Å². The van der Waals surface area contributed by atoms with Gasteiger partial charge in [-0.3, -0.25) is 0 Å². The number of hydrogen-bond donors (Lipinski definition) is 0. The first-order valence-corrected chi connectivity index (χ1v) is 10.7. The number of aryl methyl sites for hydroxylation is 2. The normalized spacial score (nSPS) is 10.6. The average Bonchev–Trinajstić information content (AvgIpc) is 2.72. The summed E-state index contributed by atoms with van der Waals surface area (Å²) in [6.07, 6.45) is 3.24. The summed E-state index contributed by atoms with van der Waals surface area (Å²) in [5.41, 5.74) is -0.810. The molecular weight excluding hydrogens is 451 g/mol. The summed E-state index contributed by atoms with van der Waals surface area (Å²) in [7, 11) is 0. The highest BCUT2D eigenvalue weighted by Crippen LogP contribution is 2.21. The maximum Gasteiger partial charge on any atom is 0.349 e. The van der Waals surface area contributed by atoms with E-state index in [1.165, 1.54) is 24.3 Å². The number of ether oxygens (including phenoxy) is 1. The van der Waals surface area contributed by atoms with Gasteiger partial charge in [-0.15, -0.1) is 0 Å². The standard InChI is InChI=1S/C27H21F5O2/c1-3-4-5-6-17-11-22(29)21(23(30)12-17)8-7-18-13-24(31)26(25(32)14-18)27(33)34-20-10-16(2)9-19(28)15-20/h9-15H,3-6H2,1-2H3. The summed E-state index contributed by atoms with van der Waals surface area (Å²) in [4.78, 5) is 12.2. The van der Waals surface area contributed by atoms with Crippen LogP contribution in [0.25, 0.3) is 0 Å². The number of carbonyl (C=O) groups excluding carboxylic acids is 1. The van der Waals surface area contributed by atoms with Gasteiger partial charge in [0.15, 0.2) is 0 Å². The first-order valence-electron chi connectivity index (χ1n) is 10.7. The van der Waals surface area contributed by atoms with E-state index in [1.54, 1.807) is 6.92 Å². The van der Waals surface area contributed by atoms with Crippen molar-refractivity contribution < 1.29 is 31.5 Å². The van der Waals surface area contributed by atoms with Gasteiger partial charge in [0.1, 0.15) is 40.4 Å². The molecule has 0 aliphatic heterocycles. The van der Waals surface area contributed by atoms with Crippen LogP contribution >= 0.6 is 0 Å². The van der Waals surface area contributed by atoms with Crippen LogP contribution in [0, 0.1) is 47.9 Å². The van der Waals surface area contributed by atoms with Gasteiger partial charge >= 0.3 is 5.97 Å². The lowest BCUT2D eigenvalue weighted by Crippen LogP contribution is -2.13. The molecule has 3 aromatic carbocycles. The SMILES string of the molecule is CCCCCc1cc(F)c(C#Cc2cc(F)c(C(=O)Oc3cc(C)cc(F)c3)c(F)c2)c(F)c1. The van der Waals surface area contributed by atoms with Crippen LogP contribution in [0.5, 0.6) is 5.75 Å². The molecule has 0 aromatic heterocycles. The maximum absolute atomic E-state index is 14.5. The number of hydrogen-bond acceptors (Lipinski definition) is 2. The molecule has 0 heterocycles. The molecule has 0 saturated heterocycles. The Morgan fingerprint density at radius 2 is 1.47 bits per heavy atom. The Kier molecular flexibility index (Phi) is 8.06. The molecule has 0 unspecified atom stereocenters. The number of carbonyl (C=O) groups is 1. The number of unbranched alkanes of at least 4 members (excludes halogenated alkanes) is 2. The van der Waals surface area contributed by atoms with E-state index < -0.39 is 46.2 Å². The van der Waals surface area contributed by atoms with E-state index in [0.29, 0.717) is 17.5 Å². The van der Waals surface area contributed by atoms with Crippen LogP contribution in [0.1, 0.15) is 58.8 Å². The van der Waals surface area contributed by atoms with Crippen molar-refractivity contribution in [2.45, 2.75) is 39.5 Å². The number of esters is 1. The van der Waals surface area contributed by atoms with Gasteiger partial charge in [0.25, 0.3) is 0 Å². The maximum atomic E-state index is 14.5. The first-order chi connectivity index (χ1) is 16.2. The zero-order valence-electron chi connectivity index (χ0n) is 18.6. The molecule has 0 bridgehead atoms. The van der Waals surface area contributed by atoms with Gasteiger partial charge in [-0.05, 0) is 67.3 Å². The lowest BCUT2D eigenvalue weighted by molar-refractivity contribution is 0.0724. The molecule has 0 amide bonds. The molecule has 0 radical (unpaired) electrons. The molecule has 0 N–H and O–H groups in total. The van der Waals surface area contributed by atoms with Gasteiger partial charge in [-0.25, -0.2) is 26.7 Å². The zero-order valence-corrected chi connectivity index (χ0v) is 18.6. The van der Waals surface area contributed by atoms with Gasteiger partial charge < -0.3 is 4.74 Å². The molecule has 2 nitrogen and oxygen atoms in total. The van der Waals surface area contributed by atoms with Crippen LogP contribution in [0.3, 0.4) is 0 Å². The van der Waals surface area contributed by atoms with E-state index in [0.717, 1.165) is 37.5 Å². The fourth-order valence-electron chi connectivity index (χ4n) is 3.36. The van der Waals surface area contributed by atoms with Crippen molar-refractivity contribution >= 4 is 5.97 Å². The second-order valence-electron chi connectivity index (χ2n) is 7.81. The summed E-state index contributed by atoms with van der Waals surface area (Å²) < 4.78 is 76.0. The Morgan fingerprint density at radius 1 is 0.824 bits per heavy atom. The molecule has 7 heteroatoms. The predicted molar refractivity (Wildman–Crippen MR) is 118 cm³/mol. The van der Waals surface area contributed by atoms with Gasteiger partial charge in [-0.2, -0.15) is 0 Å². The molecule has 3 rings (SSSR count). The predicted octanol–water partition coefficient (Wildman–Crippen LogP) is 7.04. The van der Waals surface area contributed by atoms with Crippen LogP contribution in [0.2, 0.25) is 0 Å². The van der Waals surface area contributed by atoms with Crippen molar-refractivity contribution in [3.05, 3.63) is 99.4 Å². The highest BCUT2D eigenvalue weighted by atomic mass is 19.1. The van der Waals surface area contributed by atoms with Crippen LogP contribution in [-0.2, 0) is 6.42 Å². The zero-order chi connectivity index (χ0) is 24.8. The lowest BCUT2D eigenvalue weighted by atomic mass is 10.0. The van der Waals surface area contributed by atoms with Crippen molar-refractivity contribution in [3.8, 4) is 17.6 Å². The number of rotatable bonds is 6. The van der Waals surface area contributed by atoms with Crippen molar-refractivity contribution in [2.75, 3.05) is 0 Å². The van der Waals surface area contributed by atoms with Crippen molar-refractivity contribution in [1.29, 1.82) is 0 Å². The van der Waals surface area contributed by atoms with E-state index in [1.807, 2.05) is 6.92 Å². The quantitative estimate of drug-likeness (QED) is 0.126. The smallest absolute Gasteiger partial charge is 0.349 e. The molecule has 0 atom stereocenters. The van der Waals surface area contributed by atoms with Crippen LogP contribution < -0.4 is 4.74 Å². The Hall–Kier alpha value is -3.66. The van der Waals surface area contributed by atoms with Gasteiger partial charge in [0, 0.05) is 11.6 Å². The highest BCUT2D eigenvalue weighted by molar-refractivity contribution is 5.91. The third-order valence-corrected chi connectivity index (χ3v) is 4.98. The summed E-state index contributed by atoms with van der Waals surface area (Å²) >= 11 is 0. The summed E-state index contributed by atoms with van der Waals surface area (Å²) in [6.45, 7) is 3.58. The minimum absolute atomic E-state index is 0.214. The summed E-state index contributed by atoms with van der Waals surface area (Å²) in [5.74, 6) is -1.99. The Balaban J connectivity index is 1.83. The minimum atomic E-state index is -1.37. The molecule has 34 heavy (non-hydrogen) atoms. The fraction of sp³-hybridized carbons (Fsp3) is 0.222. The number of halogens is 5. The Morgan fingerprint density at radius 3 is 2.06 bits per heavy atom. The van der Waals surface area contributed by atoms with Gasteiger partial charge in [0.05, 0.1) is 5.56 Å². The van der Waals surface area contributed by atoms with E-state index >= 15 is 0 Å². The van der Waals surface area contributed by atoms with Crippen LogP contribution in [0.15, 0.2) is 42.5 Å². The average molecular weight is 472 g/mol. The topological polar surface area (TPSA) is 26.3 Å². The highest BCUT2D eigenvalue weighted by Gasteiger charge is 2.21. The monoisotopic (exact) mass is 472 g/mol. The molecule has 0 aliphatic carbocycles. The van der Waals surface area contributed by atoms with E-state index in [4.69, 9.17) is 4.74 Å². The van der Waals surface area contributed by atoms with Crippen LogP contribution in [-0.4, -0.2) is 5.97 Å². The van der Waals surface area contributed by atoms with Crippen molar-refractivity contribution in [2.24, 2.45) is 0 Å². The molecule has 0 fully saturated rings. The van der Waals surface area contributed by atoms with E-state index in [9.17, 15) is 26.7 Å². The molecular formula is C27H21F5O2. The third-order valence-electron chi connectivity index (χ3n) is 4.98. The third kappa shape index (κ3) is 6.22. The molecule has 0 spiro atoms. The minimum Gasteiger partial charge on any atom is -0.423 e. The molecule has 3 aromatic rings. The largest absolute Gasteiger partial charge is 0.423 e. The number of benzene rings is 3. The van der Waals surface area contributed by atoms with E-state index in [-0.39, 0.29) is 11.3 Å². The van der Waals surface area contributed by atoms with Crippen molar-refractivity contribution in [3.63, 3.8) is 0 Å². The summed E-state index contributed by atoms with van der Waals surface area (Å²) in [6, 6.07) is 7.30. The second-order valence-corrected chi connectivity index (χ2v) is 7.81. The first kappa shape index (κ1) is 25.0. The second kappa shape index (κ2) is 11.0. The van der Waals surface area contributed by atoms with Gasteiger partial charge in [0.2, 0.25) is 0 Å².